The molecule has 0 amide bonds. The van der Waals surface area contributed by atoms with Crippen molar-refractivity contribution in [1.82, 2.24) is 20.1 Å². The number of fused-ring (bicyclic) bond motifs is 1. The molecule has 0 atom stereocenters. The number of hydrogen-bond donors (Lipinski definition) is 0. The summed E-state index contributed by atoms with van der Waals surface area (Å²) in [7, 11) is 2.13. The average Bonchev–Trinajstić information content (AvgIpc) is 3.35. The summed E-state index contributed by atoms with van der Waals surface area (Å²) in [6, 6.07) is 15.6. The van der Waals surface area contributed by atoms with E-state index in [0.717, 1.165) is 58.7 Å². The molecule has 0 radical (unpaired) electrons. The number of rotatable bonds is 6. The number of hydrogen-bond acceptors (Lipinski definition) is 7. The zero-order valence-electron chi connectivity index (χ0n) is 17.9. The van der Waals surface area contributed by atoms with Crippen LogP contribution in [0.2, 0.25) is 0 Å². The van der Waals surface area contributed by atoms with Crippen molar-refractivity contribution in [3.05, 3.63) is 71.5 Å². The fourth-order valence-electron chi connectivity index (χ4n) is 4.02. The van der Waals surface area contributed by atoms with Gasteiger partial charge in [-0.25, -0.2) is 0 Å². The second-order valence-electron chi connectivity index (χ2n) is 8.23. The number of carbonyl (C=O) groups is 1. The zero-order chi connectivity index (χ0) is 21.9. The van der Waals surface area contributed by atoms with E-state index in [1.165, 1.54) is 11.3 Å². The van der Waals surface area contributed by atoms with Gasteiger partial charge in [0.05, 0.1) is 6.42 Å². The second-order valence-corrected chi connectivity index (χ2v) is 9.06. The van der Waals surface area contributed by atoms with Crippen molar-refractivity contribution in [3.8, 4) is 16.3 Å². The Labute approximate surface area is 190 Å². The molecule has 0 bridgehead atoms. The summed E-state index contributed by atoms with van der Waals surface area (Å²) >= 11 is 1.50. The van der Waals surface area contributed by atoms with E-state index in [-0.39, 0.29) is 18.3 Å². The van der Waals surface area contributed by atoms with Gasteiger partial charge in [-0.2, -0.15) is 0 Å². The minimum absolute atomic E-state index is 0.0333. The Balaban J connectivity index is 1.31. The monoisotopic (exact) mass is 444 g/mol. The number of nitrogens with zero attached hydrogens (tertiary/aromatic N) is 4. The first-order valence-corrected chi connectivity index (χ1v) is 11.7. The van der Waals surface area contributed by atoms with Gasteiger partial charge in [-0.1, -0.05) is 35.6 Å². The molecule has 1 aliphatic rings. The summed E-state index contributed by atoms with van der Waals surface area (Å²) < 4.78 is 6.15. The first-order chi connectivity index (χ1) is 15.6. The average molecular weight is 445 g/mol. The third kappa shape index (κ3) is 4.69. The standard InChI is InChI=1S/C25H24N4O2S/c1-29-9-7-22(8-10-29)31-23-4-2-3-17(13-23)24(30)14-21-12-20-11-18(25-28-27-16-32-25)5-6-19(20)15-26-21/h2-6,11-13,15-16,22H,7-10,14H2,1H3. The van der Waals surface area contributed by atoms with E-state index in [1.54, 1.807) is 5.51 Å². The van der Waals surface area contributed by atoms with Crippen LogP contribution in [0.4, 0.5) is 0 Å². The van der Waals surface area contributed by atoms with Crippen LogP contribution in [0.15, 0.2) is 60.2 Å². The Hall–Kier alpha value is -3.16. The first-order valence-electron chi connectivity index (χ1n) is 10.8. The highest BCUT2D eigenvalue weighted by molar-refractivity contribution is 7.12. The predicted molar refractivity (Wildman–Crippen MR) is 126 cm³/mol. The molecule has 0 saturated carbocycles. The van der Waals surface area contributed by atoms with Gasteiger partial charge in [0.1, 0.15) is 22.4 Å². The molecule has 1 saturated heterocycles. The summed E-state index contributed by atoms with van der Waals surface area (Å²) in [5, 5.41) is 11.0. The number of aromatic nitrogens is 3. The fraction of sp³-hybridized carbons (Fsp3) is 0.280. The van der Waals surface area contributed by atoms with E-state index in [9.17, 15) is 4.79 Å². The van der Waals surface area contributed by atoms with Crippen LogP contribution in [0.3, 0.4) is 0 Å². The maximum absolute atomic E-state index is 13.0. The number of benzene rings is 2. The number of Topliss-reactive ketones (excluding diaryl/α,β-unsaturated/α-hetero) is 1. The van der Waals surface area contributed by atoms with Gasteiger partial charge in [0.2, 0.25) is 0 Å². The quantitative estimate of drug-likeness (QED) is 0.403. The summed E-state index contributed by atoms with van der Waals surface area (Å²) in [6.45, 7) is 2.08. The van der Waals surface area contributed by atoms with Crippen LogP contribution >= 0.6 is 11.3 Å². The van der Waals surface area contributed by atoms with Crippen molar-refractivity contribution >= 4 is 27.9 Å². The Morgan fingerprint density at radius 3 is 2.81 bits per heavy atom. The van der Waals surface area contributed by atoms with Gasteiger partial charge in [-0.3, -0.25) is 9.78 Å². The van der Waals surface area contributed by atoms with E-state index >= 15 is 0 Å². The smallest absolute Gasteiger partial charge is 0.168 e. The van der Waals surface area contributed by atoms with Gasteiger partial charge < -0.3 is 9.64 Å². The lowest BCUT2D eigenvalue weighted by molar-refractivity contribution is 0.0988. The molecule has 2 aromatic carbocycles. The van der Waals surface area contributed by atoms with E-state index in [2.05, 4.69) is 33.2 Å². The Kier molecular flexibility index (Phi) is 5.92. The van der Waals surface area contributed by atoms with Crippen molar-refractivity contribution in [2.45, 2.75) is 25.4 Å². The van der Waals surface area contributed by atoms with Crippen molar-refractivity contribution in [1.29, 1.82) is 0 Å². The zero-order valence-corrected chi connectivity index (χ0v) is 18.7. The maximum Gasteiger partial charge on any atom is 0.168 e. The van der Waals surface area contributed by atoms with Crippen LogP contribution in [0.5, 0.6) is 5.75 Å². The second kappa shape index (κ2) is 9.14. The number of piperidine rings is 1. The van der Waals surface area contributed by atoms with Gasteiger partial charge in [0, 0.05) is 41.5 Å². The van der Waals surface area contributed by atoms with Crippen LogP contribution in [0, 0.1) is 0 Å². The maximum atomic E-state index is 13.0. The highest BCUT2D eigenvalue weighted by Crippen LogP contribution is 2.26. The van der Waals surface area contributed by atoms with E-state index in [1.807, 2.05) is 48.7 Å². The SMILES string of the molecule is CN1CCC(Oc2cccc(C(=O)Cc3cc4cc(-c5nncs5)ccc4cn3)c2)CC1. The Bertz CT molecular complexity index is 1230. The van der Waals surface area contributed by atoms with Crippen molar-refractivity contribution < 1.29 is 9.53 Å². The van der Waals surface area contributed by atoms with Crippen LogP contribution in [-0.2, 0) is 6.42 Å². The third-order valence-electron chi connectivity index (χ3n) is 5.85. The molecular formula is C25H24N4O2S. The Morgan fingerprint density at radius 2 is 2.00 bits per heavy atom. The van der Waals surface area contributed by atoms with Gasteiger partial charge in [-0.15, -0.1) is 10.2 Å². The molecule has 0 unspecified atom stereocenters. The molecule has 7 heteroatoms. The Morgan fingerprint density at radius 1 is 1.12 bits per heavy atom. The van der Waals surface area contributed by atoms with E-state index in [4.69, 9.17) is 4.74 Å². The number of ether oxygens (including phenoxy) is 1. The van der Waals surface area contributed by atoms with Gasteiger partial charge in [0.15, 0.2) is 5.78 Å². The minimum Gasteiger partial charge on any atom is -0.490 e. The van der Waals surface area contributed by atoms with Gasteiger partial charge in [-0.05, 0) is 49.5 Å². The largest absolute Gasteiger partial charge is 0.490 e. The summed E-state index contributed by atoms with van der Waals surface area (Å²) in [6.07, 6.45) is 4.29. The molecule has 6 nitrogen and oxygen atoms in total. The highest BCUT2D eigenvalue weighted by Gasteiger charge is 2.18. The van der Waals surface area contributed by atoms with Crippen LogP contribution < -0.4 is 4.74 Å². The van der Waals surface area contributed by atoms with Crippen molar-refractivity contribution in [3.63, 3.8) is 0 Å². The lowest BCUT2D eigenvalue weighted by atomic mass is 10.0. The third-order valence-corrected chi connectivity index (χ3v) is 6.59. The van der Waals surface area contributed by atoms with Crippen LogP contribution in [-0.4, -0.2) is 52.1 Å². The molecule has 0 spiro atoms. The minimum atomic E-state index is 0.0333. The van der Waals surface area contributed by atoms with Crippen LogP contribution in [0.1, 0.15) is 28.9 Å². The molecule has 3 heterocycles. The molecule has 32 heavy (non-hydrogen) atoms. The lowest BCUT2D eigenvalue weighted by Gasteiger charge is -2.29. The molecule has 162 valence electrons. The van der Waals surface area contributed by atoms with E-state index < -0.39 is 0 Å². The molecule has 0 N–H and O–H groups in total. The summed E-state index contributed by atoms with van der Waals surface area (Å²) in [4.78, 5) is 19.8. The molecule has 1 aliphatic heterocycles. The molecule has 1 fully saturated rings. The number of pyridine rings is 1. The number of carbonyl (C=O) groups excluding carboxylic acids is 1. The molecule has 5 rings (SSSR count). The fourth-order valence-corrected chi connectivity index (χ4v) is 4.57. The first kappa shape index (κ1) is 20.7. The van der Waals surface area contributed by atoms with Crippen molar-refractivity contribution in [2.75, 3.05) is 20.1 Å². The van der Waals surface area contributed by atoms with Crippen molar-refractivity contribution in [2.24, 2.45) is 0 Å². The topological polar surface area (TPSA) is 68.2 Å². The molecule has 4 aromatic rings. The number of likely N-dealkylation sites (tertiary alicyclic amines) is 1. The summed E-state index contributed by atoms with van der Waals surface area (Å²) in [5.41, 5.74) is 4.14. The predicted octanol–water partition coefficient (Wildman–Crippen LogP) is 4.65. The molecular weight excluding hydrogens is 420 g/mol. The normalized spacial score (nSPS) is 15.2. The summed E-state index contributed by atoms with van der Waals surface area (Å²) in [5.74, 6) is 0.796. The lowest BCUT2D eigenvalue weighted by Crippen LogP contribution is -2.35. The molecule has 2 aromatic heterocycles. The number of ketones is 1. The molecule has 0 aliphatic carbocycles. The van der Waals surface area contributed by atoms with Gasteiger partial charge >= 0.3 is 0 Å². The van der Waals surface area contributed by atoms with E-state index in [0.29, 0.717) is 5.56 Å². The van der Waals surface area contributed by atoms with Gasteiger partial charge in [0.25, 0.3) is 0 Å². The highest BCUT2D eigenvalue weighted by atomic mass is 32.1. The van der Waals surface area contributed by atoms with Crippen LogP contribution in [0.25, 0.3) is 21.3 Å².